The SMILES string of the molecule is O=C1CCc2cc(C(=O)Cn3cnc4scc(-c5ccc(F)cc5)c4c3=O)ccc2N1. The van der Waals surface area contributed by atoms with E-state index in [-0.39, 0.29) is 29.6 Å². The van der Waals surface area contributed by atoms with Crippen molar-refractivity contribution in [3.8, 4) is 11.1 Å². The average Bonchev–Trinajstić information content (AvgIpc) is 3.20. The number of carbonyl (C=O) groups is 2. The van der Waals surface area contributed by atoms with E-state index in [0.717, 1.165) is 11.3 Å². The van der Waals surface area contributed by atoms with Gasteiger partial charge in [-0.25, -0.2) is 9.37 Å². The van der Waals surface area contributed by atoms with Gasteiger partial charge >= 0.3 is 0 Å². The first kappa shape index (κ1) is 19.3. The molecule has 8 heteroatoms. The molecule has 1 aliphatic rings. The molecule has 2 aromatic carbocycles. The molecule has 0 aliphatic carbocycles. The number of rotatable bonds is 4. The Morgan fingerprint density at radius 2 is 1.94 bits per heavy atom. The minimum Gasteiger partial charge on any atom is -0.326 e. The Balaban J connectivity index is 1.48. The Labute approximate surface area is 180 Å². The monoisotopic (exact) mass is 433 g/mol. The lowest BCUT2D eigenvalue weighted by atomic mass is 9.99. The van der Waals surface area contributed by atoms with E-state index in [2.05, 4.69) is 10.3 Å². The normalized spacial score (nSPS) is 13.1. The van der Waals surface area contributed by atoms with E-state index < -0.39 is 0 Å². The lowest BCUT2D eigenvalue weighted by Crippen LogP contribution is -2.25. The molecule has 0 saturated carbocycles. The fraction of sp³-hybridized carbons (Fsp3) is 0.130. The highest BCUT2D eigenvalue weighted by Gasteiger charge is 2.18. The molecule has 31 heavy (non-hydrogen) atoms. The molecule has 3 heterocycles. The maximum absolute atomic E-state index is 13.3. The molecule has 1 amide bonds. The summed E-state index contributed by atoms with van der Waals surface area (Å²) in [7, 11) is 0. The quantitative estimate of drug-likeness (QED) is 0.493. The predicted octanol–water partition coefficient (Wildman–Crippen LogP) is 4.03. The smallest absolute Gasteiger partial charge is 0.263 e. The second-order valence-corrected chi connectivity index (χ2v) is 8.22. The topological polar surface area (TPSA) is 81.1 Å². The first-order valence-corrected chi connectivity index (χ1v) is 10.6. The zero-order chi connectivity index (χ0) is 21.5. The summed E-state index contributed by atoms with van der Waals surface area (Å²) >= 11 is 1.33. The van der Waals surface area contributed by atoms with Crippen LogP contribution in [0.15, 0.2) is 59.0 Å². The van der Waals surface area contributed by atoms with Gasteiger partial charge in [-0.05, 0) is 47.9 Å². The first-order chi connectivity index (χ1) is 15.0. The van der Waals surface area contributed by atoms with Crippen molar-refractivity contribution >= 4 is 38.9 Å². The number of benzene rings is 2. The van der Waals surface area contributed by atoms with E-state index in [0.29, 0.717) is 39.7 Å². The zero-order valence-electron chi connectivity index (χ0n) is 16.2. The van der Waals surface area contributed by atoms with Gasteiger partial charge in [0.05, 0.1) is 18.3 Å². The number of ketones is 1. The van der Waals surface area contributed by atoms with Gasteiger partial charge in [-0.3, -0.25) is 19.0 Å². The molecular formula is C23H16FN3O3S. The van der Waals surface area contributed by atoms with Gasteiger partial charge in [-0.2, -0.15) is 0 Å². The summed E-state index contributed by atoms with van der Waals surface area (Å²) in [4.78, 5) is 42.4. The number of hydrogen-bond donors (Lipinski definition) is 1. The van der Waals surface area contributed by atoms with E-state index in [1.165, 1.54) is 34.4 Å². The van der Waals surface area contributed by atoms with Crippen LogP contribution < -0.4 is 10.9 Å². The van der Waals surface area contributed by atoms with Crippen molar-refractivity contribution in [3.05, 3.63) is 81.5 Å². The van der Waals surface area contributed by atoms with Crippen LogP contribution in [0.2, 0.25) is 0 Å². The van der Waals surface area contributed by atoms with Crippen LogP contribution in [0.4, 0.5) is 10.1 Å². The lowest BCUT2D eigenvalue weighted by Gasteiger charge is -2.17. The van der Waals surface area contributed by atoms with Gasteiger partial charge in [0.2, 0.25) is 5.91 Å². The van der Waals surface area contributed by atoms with E-state index in [9.17, 15) is 18.8 Å². The summed E-state index contributed by atoms with van der Waals surface area (Å²) in [5.41, 5.74) is 3.17. The van der Waals surface area contributed by atoms with Crippen molar-refractivity contribution in [2.75, 3.05) is 5.32 Å². The third kappa shape index (κ3) is 3.55. The van der Waals surface area contributed by atoms with Crippen molar-refractivity contribution in [1.29, 1.82) is 0 Å². The maximum Gasteiger partial charge on any atom is 0.263 e. The highest BCUT2D eigenvalue weighted by molar-refractivity contribution is 7.17. The number of halogens is 1. The van der Waals surface area contributed by atoms with Crippen LogP contribution >= 0.6 is 11.3 Å². The molecular weight excluding hydrogens is 417 g/mol. The minimum absolute atomic E-state index is 0.0368. The van der Waals surface area contributed by atoms with Crippen LogP contribution in [0.25, 0.3) is 21.3 Å². The van der Waals surface area contributed by atoms with Crippen LogP contribution in [0.1, 0.15) is 22.3 Å². The molecule has 4 aromatic rings. The largest absolute Gasteiger partial charge is 0.326 e. The third-order valence-corrected chi connectivity index (χ3v) is 6.24. The summed E-state index contributed by atoms with van der Waals surface area (Å²) in [6.45, 7) is -0.147. The number of thiophene rings is 1. The predicted molar refractivity (Wildman–Crippen MR) is 117 cm³/mol. The highest BCUT2D eigenvalue weighted by Crippen LogP contribution is 2.30. The number of amides is 1. The Bertz CT molecular complexity index is 1410. The van der Waals surface area contributed by atoms with Crippen LogP contribution in [0.5, 0.6) is 0 Å². The second kappa shape index (κ2) is 7.55. The van der Waals surface area contributed by atoms with Gasteiger partial charge in [0.15, 0.2) is 5.78 Å². The number of carbonyl (C=O) groups excluding carboxylic acids is 2. The van der Waals surface area contributed by atoms with Gasteiger partial charge in [-0.1, -0.05) is 12.1 Å². The van der Waals surface area contributed by atoms with Gasteiger partial charge < -0.3 is 5.32 Å². The molecule has 0 atom stereocenters. The van der Waals surface area contributed by atoms with Crippen LogP contribution in [0.3, 0.4) is 0 Å². The Hall–Kier alpha value is -3.65. The molecule has 1 N–H and O–H groups in total. The van der Waals surface area contributed by atoms with E-state index in [1.807, 2.05) is 5.38 Å². The fourth-order valence-electron chi connectivity index (χ4n) is 3.72. The van der Waals surface area contributed by atoms with E-state index >= 15 is 0 Å². The highest BCUT2D eigenvalue weighted by atomic mass is 32.1. The first-order valence-electron chi connectivity index (χ1n) is 9.68. The second-order valence-electron chi connectivity index (χ2n) is 7.36. The molecule has 5 rings (SSSR count). The standard InChI is InChI=1S/C23H16FN3O3S/c24-16-5-1-13(2-6-16)17-11-31-22-21(17)23(30)27(12-25-22)10-19(28)15-3-7-18-14(9-15)4-8-20(29)26-18/h1-3,5-7,9,11-12H,4,8,10H2,(H,26,29). The molecule has 154 valence electrons. The number of aryl methyl sites for hydroxylation is 1. The Kier molecular flexibility index (Phi) is 4.71. The van der Waals surface area contributed by atoms with Crippen molar-refractivity contribution < 1.29 is 14.0 Å². The number of nitrogens with zero attached hydrogens (tertiary/aromatic N) is 2. The summed E-state index contributed by atoms with van der Waals surface area (Å²) in [6, 6.07) is 11.1. The Morgan fingerprint density at radius 3 is 2.74 bits per heavy atom. The van der Waals surface area contributed by atoms with E-state index in [1.54, 1.807) is 30.3 Å². The molecule has 0 spiro atoms. The Morgan fingerprint density at radius 1 is 1.13 bits per heavy atom. The van der Waals surface area contributed by atoms with Crippen molar-refractivity contribution in [3.63, 3.8) is 0 Å². The maximum atomic E-state index is 13.3. The average molecular weight is 433 g/mol. The van der Waals surface area contributed by atoms with Crippen LogP contribution in [-0.4, -0.2) is 21.2 Å². The van der Waals surface area contributed by atoms with Gasteiger partial charge in [0.1, 0.15) is 10.6 Å². The van der Waals surface area contributed by atoms with E-state index in [4.69, 9.17) is 0 Å². The van der Waals surface area contributed by atoms with Crippen LogP contribution in [0, 0.1) is 5.82 Å². The molecule has 6 nitrogen and oxygen atoms in total. The molecule has 0 radical (unpaired) electrons. The molecule has 1 aliphatic heterocycles. The van der Waals surface area contributed by atoms with Crippen molar-refractivity contribution in [2.45, 2.75) is 19.4 Å². The van der Waals surface area contributed by atoms with Gasteiger partial charge in [-0.15, -0.1) is 11.3 Å². The summed E-state index contributed by atoms with van der Waals surface area (Å²) in [6.07, 6.45) is 2.34. The number of anilines is 1. The minimum atomic E-state index is -0.353. The number of aromatic nitrogens is 2. The third-order valence-electron chi connectivity index (χ3n) is 5.35. The fourth-order valence-corrected chi connectivity index (χ4v) is 4.63. The number of hydrogen-bond acceptors (Lipinski definition) is 5. The zero-order valence-corrected chi connectivity index (χ0v) is 17.0. The molecule has 0 saturated heterocycles. The van der Waals surface area contributed by atoms with Crippen LogP contribution in [-0.2, 0) is 17.8 Å². The van der Waals surface area contributed by atoms with Gasteiger partial charge in [0.25, 0.3) is 5.56 Å². The molecule has 0 bridgehead atoms. The van der Waals surface area contributed by atoms with Gasteiger partial charge in [0, 0.05) is 28.6 Å². The van der Waals surface area contributed by atoms with Crippen molar-refractivity contribution in [2.24, 2.45) is 0 Å². The number of nitrogens with one attached hydrogen (secondary N) is 1. The molecule has 0 unspecified atom stereocenters. The number of fused-ring (bicyclic) bond motifs is 2. The lowest BCUT2D eigenvalue weighted by molar-refractivity contribution is -0.116. The number of Topliss-reactive ketones (excluding diaryl/α,β-unsaturated/α-hetero) is 1. The summed E-state index contributed by atoms with van der Waals surface area (Å²) in [5, 5.41) is 5.02. The summed E-state index contributed by atoms with van der Waals surface area (Å²) < 4.78 is 14.6. The van der Waals surface area contributed by atoms with Crippen molar-refractivity contribution in [1.82, 2.24) is 9.55 Å². The summed E-state index contributed by atoms with van der Waals surface area (Å²) in [5.74, 6) is -0.610. The molecule has 0 fully saturated rings. The molecule has 2 aromatic heterocycles.